The fourth-order valence-corrected chi connectivity index (χ4v) is 4.62. The molecule has 7 heteroatoms. The van der Waals surface area contributed by atoms with Gasteiger partial charge in [0, 0.05) is 21.0 Å². The Kier molecular flexibility index (Phi) is 6.30. The van der Waals surface area contributed by atoms with Crippen LogP contribution >= 0.6 is 34.7 Å². The van der Waals surface area contributed by atoms with Gasteiger partial charge in [-0.05, 0) is 31.0 Å². The van der Waals surface area contributed by atoms with Crippen LogP contribution in [-0.2, 0) is 11.3 Å². The molecule has 3 aromatic rings. The number of thioether (sulfide) groups is 1. The molecule has 132 valence electrons. The summed E-state index contributed by atoms with van der Waals surface area (Å²) in [6, 6.07) is 7.55. The lowest BCUT2D eigenvalue weighted by Gasteiger charge is -2.12. The first-order valence-corrected chi connectivity index (χ1v) is 10.1. The van der Waals surface area contributed by atoms with Crippen molar-refractivity contribution in [2.75, 3.05) is 12.4 Å². The fraction of sp³-hybridized carbons (Fsp3) is 0.333. The van der Waals surface area contributed by atoms with E-state index in [-0.39, 0.29) is 6.61 Å². The highest BCUT2D eigenvalue weighted by Gasteiger charge is 2.14. The van der Waals surface area contributed by atoms with Crippen LogP contribution < -0.4 is 0 Å². The molecule has 2 heterocycles. The lowest BCUT2D eigenvalue weighted by atomic mass is 10.2. The van der Waals surface area contributed by atoms with E-state index >= 15 is 0 Å². The number of nitrogens with zero attached hydrogens (tertiary/aromatic N) is 2. The molecular weight excluding hydrogens is 376 g/mol. The zero-order valence-corrected chi connectivity index (χ0v) is 16.4. The second-order valence-electron chi connectivity index (χ2n) is 5.71. The standard InChI is InChI=1S/C18H19ClN2O2S2/c1-11-12(2)25-18-16(11)17(20-10-21-18)24-9-14(22)8-23-7-13-5-3-4-6-15(13)19/h3-6,10,14,22H,7-9H2,1-2H3. The number of benzene rings is 1. The van der Waals surface area contributed by atoms with Gasteiger partial charge < -0.3 is 9.84 Å². The minimum Gasteiger partial charge on any atom is -0.390 e. The van der Waals surface area contributed by atoms with Gasteiger partial charge in [-0.1, -0.05) is 29.8 Å². The number of hydrogen-bond donors (Lipinski definition) is 1. The largest absolute Gasteiger partial charge is 0.390 e. The molecule has 1 N–H and O–H groups in total. The van der Waals surface area contributed by atoms with Gasteiger partial charge in [0.1, 0.15) is 16.2 Å². The number of aliphatic hydroxyl groups is 1. The Morgan fingerprint density at radius 1 is 1.28 bits per heavy atom. The predicted molar refractivity (Wildman–Crippen MR) is 105 cm³/mol. The van der Waals surface area contributed by atoms with Gasteiger partial charge in [0.05, 0.1) is 19.3 Å². The van der Waals surface area contributed by atoms with Crippen molar-refractivity contribution in [2.24, 2.45) is 0 Å². The van der Waals surface area contributed by atoms with Crippen LogP contribution in [0.25, 0.3) is 10.2 Å². The quantitative estimate of drug-likeness (QED) is 0.467. The topological polar surface area (TPSA) is 55.2 Å². The summed E-state index contributed by atoms with van der Waals surface area (Å²) in [4.78, 5) is 11.0. The number of ether oxygens (including phenoxy) is 1. The summed E-state index contributed by atoms with van der Waals surface area (Å²) < 4.78 is 5.59. The molecule has 0 aliphatic carbocycles. The number of thiophene rings is 1. The van der Waals surface area contributed by atoms with Gasteiger partial charge in [0.15, 0.2) is 0 Å². The molecule has 0 bridgehead atoms. The molecule has 1 aromatic carbocycles. The normalized spacial score (nSPS) is 12.6. The van der Waals surface area contributed by atoms with Crippen LogP contribution in [0.15, 0.2) is 35.6 Å². The minimum absolute atomic E-state index is 0.258. The third-order valence-electron chi connectivity index (χ3n) is 3.87. The first kappa shape index (κ1) is 18.6. The molecule has 0 aliphatic rings. The number of rotatable bonds is 7. The van der Waals surface area contributed by atoms with E-state index in [0.29, 0.717) is 17.4 Å². The van der Waals surface area contributed by atoms with Gasteiger partial charge in [-0.15, -0.1) is 23.1 Å². The highest BCUT2D eigenvalue weighted by Crippen LogP contribution is 2.34. The molecule has 25 heavy (non-hydrogen) atoms. The molecule has 0 aliphatic heterocycles. The lowest BCUT2D eigenvalue weighted by Crippen LogP contribution is -2.18. The van der Waals surface area contributed by atoms with Crippen molar-refractivity contribution in [1.29, 1.82) is 0 Å². The summed E-state index contributed by atoms with van der Waals surface area (Å²) in [7, 11) is 0. The second-order valence-corrected chi connectivity index (χ2v) is 8.33. The smallest absolute Gasteiger partial charge is 0.128 e. The predicted octanol–water partition coefficient (Wildman–Crippen LogP) is 4.63. The number of aliphatic hydroxyl groups excluding tert-OH is 1. The number of aryl methyl sites for hydroxylation is 2. The summed E-state index contributed by atoms with van der Waals surface area (Å²) in [6.45, 7) is 4.83. The molecule has 0 saturated carbocycles. The SMILES string of the molecule is Cc1sc2ncnc(SCC(O)COCc3ccccc3Cl)c2c1C. The maximum absolute atomic E-state index is 10.2. The Morgan fingerprint density at radius 3 is 2.88 bits per heavy atom. The molecule has 2 aromatic heterocycles. The summed E-state index contributed by atoms with van der Waals surface area (Å²) in [5.41, 5.74) is 2.14. The van der Waals surface area contributed by atoms with E-state index in [1.807, 2.05) is 24.3 Å². The van der Waals surface area contributed by atoms with E-state index in [4.69, 9.17) is 16.3 Å². The van der Waals surface area contributed by atoms with Gasteiger partial charge in [0.25, 0.3) is 0 Å². The average molecular weight is 395 g/mol. The van der Waals surface area contributed by atoms with E-state index in [1.165, 1.54) is 22.2 Å². The van der Waals surface area contributed by atoms with Crippen molar-refractivity contribution in [1.82, 2.24) is 9.97 Å². The third-order valence-corrected chi connectivity index (χ3v) is 6.49. The average Bonchev–Trinajstić information content (AvgIpc) is 2.90. The molecular formula is C18H19ClN2O2S2. The molecule has 3 rings (SSSR count). The van der Waals surface area contributed by atoms with E-state index in [1.54, 1.807) is 17.7 Å². The first-order chi connectivity index (χ1) is 12.1. The summed E-state index contributed by atoms with van der Waals surface area (Å²) in [5, 5.41) is 12.9. The molecule has 0 fully saturated rings. The highest BCUT2D eigenvalue weighted by atomic mass is 35.5. The van der Waals surface area contributed by atoms with Gasteiger partial charge in [0.2, 0.25) is 0 Å². The maximum atomic E-state index is 10.2. The molecule has 0 spiro atoms. The van der Waals surface area contributed by atoms with Crippen LogP contribution in [0.5, 0.6) is 0 Å². The number of halogens is 1. The van der Waals surface area contributed by atoms with Gasteiger partial charge in [-0.2, -0.15) is 0 Å². The van der Waals surface area contributed by atoms with Gasteiger partial charge >= 0.3 is 0 Å². The van der Waals surface area contributed by atoms with Crippen molar-refractivity contribution in [3.8, 4) is 0 Å². The summed E-state index contributed by atoms with van der Waals surface area (Å²) in [6.07, 6.45) is 1.01. The monoisotopic (exact) mass is 394 g/mol. The molecule has 4 nitrogen and oxygen atoms in total. The van der Waals surface area contributed by atoms with E-state index in [0.717, 1.165) is 20.8 Å². The first-order valence-electron chi connectivity index (χ1n) is 7.89. The molecule has 0 radical (unpaired) electrons. The Morgan fingerprint density at radius 2 is 2.08 bits per heavy atom. The zero-order chi connectivity index (χ0) is 17.8. The van der Waals surface area contributed by atoms with Crippen LogP contribution in [-0.4, -0.2) is 33.5 Å². The maximum Gasteiger partial charge on any atom is 0.128 e. The number of aromatic nitrogens is 2. The minimum atomic E-state index is -0.572. The Balaban J connectivity index is 1.54. The summed E-state index contributed by atoms with van der Waals surface area (Å²) in [5.74, 6) is 0.517. The molecule has 1 unspecified atom stereocenters. The van der Waals surface area contributed by atoms with Crippen molar-refractivity contribution in [3.63, 3.8) is 0 Å². The third kappa shape index (κ3) is 4.51. The van der Waals surface area contributed by atoms with Crippen molar-refractivity contribution in [3.05, 3.63) is 51.6 Å². The molecule has 0 saturated heterocycles. The van der Waals surface area contributed by atoms with E-state index < -0.39 is 6.10 Å². The molecule has 0 amide bonds. The molecule has 1 atom stereocenters. The second kappa shape index (κ2) is 8.47. The number of fused-ring (bicyclic) bond motifs is 1. The van der Waals surface area contributed by atoms with Crippen LogP contribution in [0.2, 0.25) is 5.02 Å². The lowest BCUT2D eigenvalue weighted by molar-refractivity contribution is 0.0398. The zero-order valence-electron chi connectivity index (χ0n) is 14.0. The van der Waals surface area contributed by atoms with E-state index in [9.17, 15) is 5.11 Å². The van der Waals surface area contributed by atoms with Crippen LogP contribution in [0, 0.1) is 13.8 Å². The Labute approximate surface area is 160 Å². The van der Waals surface area contributed by atoms with Crippen LogP contribution in [0.1, 0.15) is 16.0 Å². The van der Waals surface area contributed by atoms with Crippen molar-refractivity contribution >= 4 is 44.9 Å². The van der Waals surface area contributed by atoms with Gasteiger partial charge in [-0.3, -0.25) is 0 Å². The fourth-order valence-electron chi connectivity index (χ4n) is 2.40. The highest BCUT2D eigenvalue weighted by molar-refractivity contribution is 7.99. The van der Waals surface area contributed by atoms with Crippen molar-refractivity contribution < 1.29 is 9.84 Å². The van der Waals surface area contributed by atoms with E-state index in [2.05, 4.69) is 23.8 Å². The van der Waals surface area contributed by atoms with Crippen LogP contribution in [0.4, 0.5) is 0 Å². The Bertz CT molecular complexity index is 869. The Hall–Kier alpha value is -1.18. The number of hydrogen-bond acceptors (Lipinski definition) is 6. The van der Waals surface area contributed by atoms with Crippen molar-refractivity contribution in [2.45, 2.75) is 31.6 Å². The van der Waals surface area contributed by atoms with Gasteiger partial charge in [-0.25, -0.2) is 9.97 Å². The summed E-state index contributed by atoms with van der Waals surface area (Å²) >= 11 is 9.30. The van der Waals surface area contributed by atoms with Crippen LogP contribution in [0.3, 0.4) is 0 Å².